The number of rotatable bonds is 8. The quantitative estimate of drug-likeness (QED) is 0.170. The fraction of sp³-hybridized carbons (Fsp3) is 0.250. The van der Waals surface area contributed by atoms with Crippen LogP contribution >= 0.6 is 0 Å². The molecule has 1 N–H and O–H groups in total. The third kappa shape index (κ3) is 5.23. The van der Waals surface area contributed by atoms with E-state index in [9.17, 15) is 22.4 Å². The number of carbonyl (C=O) groups is 1. The van der Waals surface area contributed by atoms with Crippen molar-refractivity contribution >= 4 is 16.8 Å². The molecule has 1 saturated carbocycles. The van der Waals surface area contributed by atoms with Gasteiger partial charge in [-0.05, 0) is 59.9 Å². The van der Waals surface area contributed by atoms with Gasteiger partial charge in [-0.2, -0.15) is 13.2 Å². The summed E-state index contributed by atoms with van der Waals surface area (Å²) in [4.78, 5) is 23.0. The van der Waals surface area contributed by atoms with E-state index in [1.54, 1.807) is 16.8 Å². The van der Waals surface area contributed by atoms with Crippen LogP contribution in [0.4, 0.5) is 17.6 Å². The lowest BCUT2D eigenvalue weighted by molar-refractivity contribution is -0.282. The molecule has 1 aromatic heterocycles. The fourth-order valence-corrected chi connectivity index (χ4v) is 4.56. The zero-order valence-electron chi connectivity index (χ0n) is 19.9. The molecule has 37 heavy (non-hydrogen) atoms. The van der Waals surface area contributed by atoms with E-state index in [-0.39, 0.29) is 12.1 Å². The Hall–Kier alpha value is -3.69. The smallest absolute Gasteiger partial charge is 0.342 e. The van der Waals surface area contributed by atoms with Crippen LogP contribution in [0.2, 0.25) is 0 Å². The van der Waals surface area contributed by atoms with Crippen LogP contribution in [0.15, 0.2) is 72.9 Å². The first-order valence-corrected chi connectivity index (χ1v) is 11.7. The number of amides is 1. The summed E-state index contributed by atoms with van der Waals surface area (Å²) >= 11 is 0. The molecule has 0 spiro atoms. The molecule has 1 amide bonds. The Morgan fingerprint density at radius 1 is 1.00 bits per heavy atom. The van der Waals surface area contributed by atoms with Gasteiger partial charge in [0.05, 0.1) is 29.3 Å². The van der Waals surface area contributed by atoms with Gasteiger partial charge in [-0.1, -0.05) is 36.4 Å². The van der Waals surface area contributed by atoms with Crippen molar-refractivity contribution in [3.8, 4) is 0 Å². The molecule has 5 rings (SSSR count). The van der Waals surface area contributed by atoms with Crippen molar-refractivity contribution in [1.29, 1.82) is 0 Å². The first kappa shape index (κ1) is 25.0. The second-order valence-electron chi connectivity index (χ2n) is 9.19. The molecule has 1 aliphatic rings. The van der Waals surface area contributed by atoms with E-state index in [2.05, 4.69) is 10.2 Å². The monoisotopic (exact) mass is 512 g/mol. The van der Waals surface area contributed by atoms with Gasteiger partial charge in [0.25, 0.3) is 5.91 Å². The van der Waals surface area contributed by atoms with E-state index in [1.165, 1.54) is 31.4 Å². The summed E-state index contributed by atoms with van der Waals surface area (Å²) in [5.41, 5.74) is 1.89. The molecular formula is C28H24F4N2O3. The van der Waals surface area contributed by atoms with E-state index >= 15 is 0 Å². The van der Waals surface area contributed by atoms with Crippen LogP contribution in [0.5, 0.6) is 0 Å². The minimum absolute atomic E-state index is 0.170. The minimum atomic E-state index is -4.42. The summed E-state index contributed by atoms with van der Waals surface area (Å²) in [6.45, 7) is 0.525. The maximum Gasteiger partial charge on any atom is 0.416 e. The van der Waals surface area contributed by atoms with Gasteiger partial charge in [0, 0.05) is 18.1 Å². The van der Waals surface area contributed by atoms with Crippen molar-refractivity contribution in [3.63, 3.8) is 0 Å². The molecule has 5 nitrogen and oxygen atoms in total. The van der Waals surface area contributed by atoms with Crippen molar-refractivity contribution in [2.75, 3.05) is 7.11 Å². The predicted octanol–water partition coefficient (Wildman–Crippen LogP) is 6.34. The van der Waals surface area contributed by atoms with Gasteiger partial charge in [0.2, 0.25) is 0 Å². The van der Waals surface area contributed by atoms with Crippen molar-refractivity contribution in [2.24, 2.45) is 0 Å². The van der Waals surface area contributed by atoms with Crippen LogP contribution in [0.3, 0.4) is 0 Å². The molecule has 3 aromatic carbocycles. The maximum atomic E-state index is 14.4. The number of halogens is 4. The SMILES string of the molecule is COOCc1ccc(C2(NC(=O)c3cc(F)cc4ccn(Cc5ccc(C(F)(F)F)cc5)c34)CC2)cc1. The standard InChI is InChI=1S/C28H24F4N2O3/c1-36-37-17-19-4-6-21(7-5-19)27(11-12-27)33-26(35)24-15-23(29)14-20-10-13-34(25(20)24)16-18-2-8-22(9-3-18)28(30,31)32/h2-10,13-15H,11-12,16-17H2,1H3,(H,33,35). The van der Waals surface area contributed by atoms with Crippen molar-refractivity contribution in [3.05, 3.63) is 107 Å². The van der Waals surface area contributed by atoms with Gasteiger partial charge >= 0.3 is 6.18 Å². The summed E-state index contributed by atoms with van der Waals surface area (Å²) in [6, 6.07) is 16.7. The van der Waals surface area contributed by atoms with E-state index in [1.807, 2.05) is 24.3 Å². The predicted molar refractivity (Wildman–Crippen MR) is 129 cm³/mol. The number of nitrogens with zero attached hydrogens (tertiary/aromatic N) is 1. The Morgan fingerprint density at radius 3 is 2.30 bits per heavy atom. The summed E-state index contributed by atoms with van der Waals surface area (Å²) in [5.74, 6) is -0.960. The molecule has 0 bridgehead atoms. The van der Waals surface area contributed by atoms with Gasteiger partial charge in [-0.3, -0.25) is 4.79 Å². The second kappa shape index (κ2) is 9.64. The number of hydrogen-bond acceptors (Lipinski definition) is 3. The average molecular weight is 513 g/mol. The van der Waals surface area contributed by atoms with Crippen LogP contribution in [-0.2, 0) is 34.6 Å². The van der Waals surface area contributed by atoms with Crippen molar-refractivity contribution in [1.82, 2.24) is 9.88 Å². The lowest BCUT2D eigenvalue weighted by Crippen LogP contribution is -2.35. The number of nitrogens with one attached hydrogen (secondary N) is 1. The maximum absolute atomic E-state index is 14.4. The van der Waals surface area contributed by atoms with E-state index in [4.69, 9.17) is 4.89 Å². The largest absolute Gasteiger partial charge is 0.416 e. The molecule has 0 unspecified atom stereocenters. The number of fused-ring (bicyclic) bond motifs is 1. The molecule has 9 heteroatoms. The Morgan fingerprint density at radius 2 is 1.68 bits per heavy atom. The molecule has 0 atom stereocenters. The molecule has 1 fully saturated rings. The molecule has 4 aromatic rings. The highest BCUT2D eigenvalue weighted by Crippen LogP contribution is 2.46. The molecule has 0 radical (unpaired) electrons. The molecular weight excluding hydrogens is 488 g/mol. The molecule has 0 aliphatic heterocycles. The highest BCUT2D eigenvalue weighted by Gasteiger charge is 2.46. The Kier molecular flexibility index (Phi) is 6.51. The highest BCUT2D eigenvalue weighted by molar-refractivity contribution is 6.06. The van der Waals surface area contributed by atoms with Crippen LogP contribution in [-0.4, -0.2) is 17.6 Å². The van der Waals surface area contributed by atoms with Gasteiger partial charge < -0.3 is 9.88 Å². The Labute approximate surface area is 210 Å². The van der Waals surface area contributed by atoms with Crippen LogP contribution in [0, 0.1) is 5.82 Å². The number of carbonyl (C=O) groups excluding carboxylic acids is 1. The third-order valence-corrected chi connectivity index (χ3v) is 6.66. The summed E-state index contributed by atoms with van der Waals surface area (Å²) < 4.78 is 55.0. The fourth-order valence-electron chi connectivity index (χ4n) is 4.56. The first-order chi connectivity index (χ1) is 17.7. The number of alkyl halides is 3. The van der Waals surface area contributed by atoms with Gasteiger partial charge in [-0.25, -0.2) is 14.2 Å². The zero-order chi connectivity index (χ0) is 26.2. The van der Waals surface area contributed by atoms with Crippen LogP contribution in [0.1, 0.15) is 45.5 Å². The van der Waals surface area contributed by atoms with Crippen LogP contribution in [0.25, 0.3) is 10.9 Å². The zero-order valence-corrected chi connectivity index (χ0v) is 19.9. The topological polar surface area (TPSA) is 52.5 Å². The van der Waals surface area contributed by atoms with E-state index in [0.29, 0.717) is 23.1 Å². The van der Waals surface area contributed by atoms with Crippen molar-refractivity contribution < 1.29 is 32.1 Å². The first-order valence-electron chi connectivity index (χ1n) is 11.7. The normalized spacial score (nSPS) is 14.6. The lowest BCUT2D eigenvalue weighted by atomic mass is 10.0. The average Bonchev–Trinajstić information content (AvgIpc) is 3.55. The summed E-state index contributed by atoms with van der Waals surface area (Å²) in [6.07, 6.45) is -1.22. The molecule has 1 heterocycles. The lowest BCUT2D eigenvalue weighted by Gasteiger charge is -2.19. The number of benzene rings is 3. The van der Waals surface area contributed by atoms with Gasteiger partial charge in [0.1, 0.15) is 12.4 Å². The van der Waals surface area contributed by atoms with E-state index < -0.39 is 29.0 Å². The number of hydrogen-bond donors (Lipinski definition) is 1. The molecule has 1 aliphatic carbocycles. The third-order valence-electron chi connectivity index (χ3n) is 6.66. The number of aromatic nitrogens is 1. The van der Waals surface area contributed by atoms with Gasteiger partial charge in [0.15, 0.2) is 0 Å². The molecule has 0 saturated heterocycles. The second-order valence-corrected chi connectivity index (χ2v) is 9.19. The minimum Gasteiger partial charge on any atom is -0.342 e. The van der Waals surface area contributed by atoms with E-state index in [0.717, 1.165) is 36.1 Å². The summed E-state index contributed by atoms with van der Waals surface area (Å²) in [7, 11) is 1.44. The summed E-state index contributed by atoms with van der Waals surface area (Å²) in [5, 5.41) is 3.62. The Bertz CT molecular complexity index is 1420. The van der Waals surface area contributed by atoms with Crippen LogP contribution < -0.4 is 5.32 Å². The highest BCUT2D eigenvalue weighted by atomic mass is 19.4. The van der Waals surface area contributed by atoms with Crippen molar-refractivity contribution in [2.45, 2.75) is 37.7 Å². The Balaban J connectivity index is 1.41. The van der Waals surface area contributed by atoms with Gasteiger partial charge in [-0.15, -0.1) is 0 Å². The molecule has 192 valence electrons.